The van der Waals surface area contributed by atoms with Crippen molar-refractivity contribution < 1.29 is 9.59 Å². The fourth-order valence-corrected chi connectivity index (χ4v) is 3.72. The molecule has 3 heterocycles. The summed E-state index contributed by atoms with van der Waals surface area (Å²) in [5, 5.41) is 9.93. The molecule has 0 bridgehead atoms. The van der Waals surface area contributed by atoms with Gasteiger partial charge < -0.3 is 21.3 Å². The minimum absolute atomic E-state index is 0.207. The molecule has 1 saturated heterocycles. The molecule has 3 aromatic rings. The number of nitrogens with one attached hydrogen (secondary N) is 2. The van der Waals surface area contributed by atoms with E-state index >= 15 is 0 Å². The Balaban J connectivity index is 1.34. The van der Waals surface area contributed by atoms with Crippen molar-refractivity contribution in [1.82, 2.24) is 20.1 Å². The van der Waals surface area contributed by atoms with Gasteiger partial charge in [-0.05, 0) is 37.1 Å². The largest absolute Gasteiger partial charge is 0.397 e. The number of nitrogens with zero attached hydrogens (tertiary/aromatic N) is 4. The van der Waals surface area contributed by atoms with Crippen LogP contribution in [-0.2, 0) is 7.05 Å². The number of pyridine rings is 1. The third kappa shape index (κ3) is 4.66. The molecule has 2 aromatic heterocycles. The van der Waals surface area contributed by atoms with Crippen molar-refractivity contribution in [2.45, 2.75) is 18.9 Å². The van der Waals surface area contributed by atoms with Crippen LogP contribution in [0, 0.1) is 0 Å². The average Bonchev–Trinajstić information content (AvgIpc) is 3.42. The van der Waals surface area contributed by atoms with Crippen molar-refractivity contribution in [3.05, 3.63) is 66.2 Å². The van der Waals surface area contributed by atoms with Crippen LogP contribution in [0.25, 0.3) is 0 Å². The third-order valence-electron chi connectivity index (χ3n) is 5.37. The second kappa shape index (κ2) is 8.86. The van der Waals surface area contributed by atoms with E-state index in [0.717, 1.165) is 25.1 Å². The van der Waals surface area contributed by atoms with Crippen LogP contribution in [0.2, 0.25) is 0 Å². The van der Waals surface area contributed by atoms with Crippen molar-refractivity contribution in [3.8, 4) is 0 Å². The Bertz CT molecular complexity index is 1080. The number of hydrogen-bond acceptors (Lipinski definition) is 6. The van der Waals surface area contributed by atoms with Crippen LogP contribution in [0.15, 0.2) is 55.0 Å². The number of hydrogen-bond donors (Lipinski definition) is 3. The van der Waals surface area contributed by atoms with Gasteiger partial charge >= 0.3 is 0 Å². The maximum absolute atomic E-state index is 12.6. The first-order valence-corrected chi connectivity index (χ1v) is 10.2. The molecule has 0 aliphatic carbocycles. The van der Waals surface area contributed by atoms with Crippen molar-refractivity contribution in [3.63, 3.8) is 0 Å². The number of carbonyl (C=O) groups is 2. The van der Waals surface area contributed by atoms with Crippen LogP contribution in [0.4, 0.5) is 17.1 Å². The summed E-state index contributed by atoms with van der Waals surface area (Å²) in [4.78, 5) is 31.3. The highest BCUT2D eigenvalue weighted by Gasteiger charge is 2.26. The summed E-state index contributed by atoms with van der Waals surface area (Å²) in [6.45, 7) is 1.48. The maximum Gasteiger partial charge on any atom is 0.274 e. The lowest BCUT2D eigenvalue weighted by atomic mass is 10.2. The summed E-state index contributed by atoms with van der Waals surface area (Å²) in [5.41, 5.74) is 8.51. The Morgan fingerprint density at radius 1 is 1.16 bits per heavy atom. The van der Waals surface area contributed by atoms with Gasteiger partial charge in [0, 0.05) is 38.6 Å². The minimum atomic E-state index is -0.386. The molecule has 1 aliphatic heterocycles. The Hall–Kier alpha value is -3.88. The van der Waals surface area contributed by atoms with E-state index in [1.54, 1.807) is 35.0 Å². The summed E-state index contributed by atoms with van der Waals surface area (Å²) in [5.74, 6) is -0.604. The smallest absolute Gasteiger partial charge is 0.274 e. The lowest BCUT2D eigenvalue weighted by Crippen LogP contribution is -2.40. The van der Waals surface area contributed by atoms with Crippen LogP contribution in [-0.4, -0.2) is 45.7 Å². The number of amides is 2. The number of nitrogens with two attached hydrogens (primary N) is 1. The molecule has 1 atom stereocenters. The van der Waals surface area contributed by atoms with Crippen LogP contribution >= 0.6 is 0 Å². The topological polar surface area (TPSA) is 118 Å². The lowest BCUT2D eigenvalue weighted by molar-refractivity contribution is 0.0948. The molecule has 9 heteroatoms. The van der Waals surface area contributed by atoms with Crippen molar-refractivity contribution in [1.29, 1.82) is 0 Å². The van der Waals surface area contributed by atoms with Crippen LogP contribution in [0.1, 0.15) is 33.7 Å². The highest BCUT2D eigenvalue weighted by molar-refractivity contribution is 6.04. The van der Waals surface area contributed by atoms with Crippen molar-refractivity contribution >= 4 is 28.9 Å². The number of rotatable bonds is 6. The SMILES string of the molecule is Cn1cc(N2CCCC2CNC(=O)c2ccc(C(=O)Nc3ccccc3N)nc2)cn1. The molecular formula is C22H25N7O2. The van der Waals surface area contributed by atoms with Gasteiger partial charge in [-0.2, -0.15) is 5.10 Å². The molecule has 0 saturated carbocycles. The maximum atomic E-state index is 12.6. The Morgan fingerprint density at radius 2 is 2.00 bits per heavy atom. The zero-order valence-electron chi connectivity index (χ0n) is 17.3. The lowest BCUT2D eigenvalue weighted by Gasteiger charge is -2.25. The van der Waals surface area contributed by atoms with Crippen molar-refractivity contribution in [2.75, 3.05) is 29.0 Å². The highest BCUT2D eigenvalue weighted by Crippen LogP contribution is 2.24. The number of anilines is 3. The van der Waals surface area contributed by atoms with Gasteiger partial charge in [-0.3, -0.25) is 19.3 Å². The highest BCUT2D eigenvalue weighted by atomic mass is 16.2. The zero-order valence-corrected chi connectivity index (χ0v) is 17.3. The molecular weight excluding hydrogens is 394 g/mol. The zero-order chi connectivity index (χ0) is 21.8. The number of aromatic nitrogens is 3. The molecule has 4 N–H and O–H groups in total. The molecule has 31 heavy (non-hydrogen) atoms. The molecule has 160 valence electrons. The fraction of sp³-hybridized carbons (Fsp3) is 0.273. The molecule has 0 spiro atoms. The average molecular weight is 419 g/mol. The first-order chi connectivity index (χ1) is 15.0. The van der Waals surface area contributed by atoms with Crippen LogP contribution < -0.4 is 21.3 Å². The van der Waals surface area contributed by atoms with Gasteiger partial charge in [0.2, 0.25) is 0 Å². The standard InChI is InChI=1S/C22H25N7O2/c1-28-14-17(13-26-28)29-10-4-5-16(29)12-25-21(30)15-8-9-20(24-11-15)22(31)27-19-7-3-2-6-18(19)23/h2-3,6-9,11,13-14,16H,4-5,10,12,23H2,1H3,(H,25,30)(H,27,31). The summed E-state index contributed by atoms with van der Waals surface area (Å²) < 4.78 is 1.78. The number of nitrogen functional groups attached to an aromatic ring is 1. The molecule has 0 radical (unpaired) electrons. The molecule has 9 nitrogen and oxygen atoms in total. The second-order valence-electron chi connectivity index (χ2n) is 7.55. The summed E-state index contributed by atoms with van der Waals surface area (Å²) in [6, 6.07) is 10.3. The van der Waals surface area contributed by atoms with E-state index < -0.39 is 0 Å². The van der Waals surface area contributed by atoms with Gasteiger partial charge in [0.1, 0.15) is 5.69 Å². The molecule has 1 fully saturated rings. The number of aryl methyl sites for hydroxylation is 1. The first-order valence-electron chi connectivity index (χ1n) is 10.2. The predicted molar refractivity (Wildman–Crippen MR) is 119 cm³/mol. The normalized spacial score (nSPS) is 15.6. The van der Waals surface area contributed by atoms with Crippen LogP contribution in [0.5, 0.6) is 0 Å². The van der Waals surface area contributed by atoms with Crippen LogP contribution in [0.3, 0.4) is 0 Å². The van der Waals surface area contributed by atoms with Crippen molar-refractivity contribution in [2.24, 2.45) is 7.05 Å². The van der Waals surface area contributed by atoms with E-state index in [4.69, 9.17) is 5.73 Å². The molecule has 1 aliphatic rings. The number of para-hydroxylation sites is 2. The Morgan fingerprint density at radius 3 is 2.71 bits per heavy atom. The summed E-state index contributed by atoms with van der Waals surface area (Å²) >= 11 is 0. The van der Waals surface area contributed by atoms with Gasteiger partial charge in [-0.1, -0.05) is 12.1 Å². The predicted octanol–water partition coefficient (Wildman–Crippen LogP) is 2.05. The van der Waals surface area contributed by atoms with Gasteiger partial charge in [-0.25, -0.2) is 0 Å². The van der Waals surface area contributed by atoms with E-state index in [0.29, 0.717) is 23.5 Å². The van der Waals surface area contributed by atoms with Gasteiger partial charge in [0.05, 0.1) is 28.8 Å². The molecule has 2 amide bonds. The van der Waals surface area contributed by atoms with E-state index in [9.17, 15) is 9.59 Å². The molecule has 1 aromatic carbocycles. The number of benzene rings is 1. The molecule has 1 unspecified atom stereocenters. The monoisotopic (exact) mass is 419 g/mol. The number of carbonyl (C=O) groups excluding carboxylic acids is 2. The molecule has 4 rings (SSSR count). The van der Waals surface area contributed by atoms with Gasteiger partial charge in [-0.15, -0.1) is 0 Å². The summed E-state index contributed by atoms with van der Waals surface area (Å²) in [7, 11) is 1.89. The van der Waals surface area contributed by atoms with E-state index in [1.807, 2.05) is 19.4 Å². The Labute approximate surface area is 180 Å². The second-order valence-corrected chi connectivity index (χ2v) is 7.55. The van der Waals surface area contributed by atoms with E-state index in [1.165, 1.54) is 12.3 Å². The van der Waals surface area contributed by atoms with Gasteiger partial charge in [0.15, 0.2) is 0 Å². The third-order valence-corrected chi connectivity index (χ3v) is 5.37. The first kappa shape index (κ1) is 20.4. The van der Waals surface area contributed by atoms with E-state index in [-0.39, 0.29) is 23.6 Å². The quantitative estimate of drug-likeness (QED) is 0.526. The van der Waals surface area contributed by atoms with E-state index in [2.05, 4.69) is 25.6 Å². The summed E-state index contributed by atoms with van der Waals surface area (Å²) in [6.07, 6.45) is 7.32. The fourth-order valence-electron chi connectivity index (χ4n) is 3.72. The minimum Gasteiger partial charge on any atom is -0.397 e. The van der Waals surface area contributed by atoms with Gasteiger partial charge in [0.25, 0.3) is 11.8 Å². The Kier molecular flexibility index (Phi) is 5.83.